The highest BCUT2D eigenvalue weighted by atomic mass is 35.5. The van der Waals surface area contributed by atoms with Crippen molar-refractivity contribution in [3.63, 3.8) is 0 Å². The van der Waals surface area contributed by atoms with E-state index in [0.29, 0.717) is 5.56 Å². The van der Waals surface area contributed by atoms with E-state index < -0.39 is 40.2 Å². The van der Waals surface area contributed by atoms with Crippen LogP contribution < -0.4 is 9.62 Å². The van der Waals surface area contributed by atoms with Gasteiger partial charge in [0.1, 0.15) is 18.4 Å². The van der Waals surface area contributed by atoms with Gasteiger partial charge in [-0.2, -0.15) is 0 Å². The second kappa shape index (κ2) is 11.9. The van der Waals surface area contributed by atoms with Crippen LogP contribution in [-0.4, -0.2) is 44.8 Å². The standard InChI is InChI=1S/C26H26Cl2FN3O4S/c1-17-4-11-22(12-5-17)37(35,36)32(21-10-13-23(27)24(28)14-21)16-25(33)31(18(2)26(34)30-3)15-19-6-8-20(29)9-7-19/h4-14,18H,15-16H2,1-3H3,(H,30,34)/t18-/m0/s1. The largest absolute Gasteiger partial charge is 0.357 e. The SMILES string of the molecule is CNC(=O)[C@H](C)N(Cc1ccc(F)cc1)C(=O)CN(c1ccc(Cl)c(Cl)c1)S(=O)(=O)c1ccc(C)cc1. The number of aryl methyl sites for hydroxylation is 1. The molecule has 1 atom stereocenters. The molecule has 0 bridgehead atoms. The molecule has 0 radical (unpaired) electrons. The number of amides is 2. The van der Waals surface area contributed by atoms with Crippen LogP contribution in [0.4, 0.5) is 10.1 Å². The van der Waals surface area contributed by atoms with Crippen molar-refractivity contribution in [2.45, 2.75) is 31.3 Å². The highest BCUT2D eigenvalue weighted by Crippen LogP contribution is 2.31. The van der Waals surface area contributed by atoms with Gasteiger partial charge in [0.05, 0.1) is 20.6 Å². The molecule has 0 fully saturated rings. The van der Waals surface area contributed by atoms with Gasteiger partial charge in [-0.25, -0.2) is 12.8 Å². The number of hydrogen-bond acceptors (Lipinski definition) is 4. The Kier molecular flexibility index (Phi) is 9.17. The highest BCUT2D eigenvalue weighted by molar-refractivity contribution is 7.92. The maximum atomic E-state index is 13.7. The van der Waals surface area contributed by atoms with Gasteiger partial charge < -0.3 is 10.2 Å². The third-order valence-corrected chi connectivity index (χ3v) is 8.29. The Labute approximate surface area is 225 Å². The second-order valence-electron chi connectivity index (χ2n) is 8.36. The zero-order valence-corrected chi connectivity index (χ0v) is 22.7. The number of rotatable bonds is 9. The predicted octanol–water partition coefficient (Wildman–Crippen LogP) is 4.80. The van der Waals surface area contributed by atoms with E-state index >= 15 is 0 Å². The van der Waals surface area contributed by atoms with Gasteiger partial charge in [0.15, 0.2) is 0 Å². The number of hydrogen-bond donors (Lipinski definition) is 1. The summed E-state index contributed by atoms with van der Waals surface area (Å²) >= 11 is 12.2. The summed E-state index contributed by atoms with van der Waals surface area (Å²) in [5.41, 5.74) is 1.55. The van der Waals surface area contributed by atoms with Gasteiger partial charge in [0.2, 0.25) is 11.8 Å². The molecular formula is C26H26Cl2FN3O4S. The molecule has 0 spiro atoms. The maximum absolute atomic E-state index is 13.7. The molecule has 0 unspecified atom stereocenters. The van der Waals surface area contributed by atoms with Crippen molar-refractivity contribution in [1.29, 1.82) is 0 Å². The molecule has 0 aliphatic heterocycles. The van der Waals surface area contributed by atoms with Crippen LogP contribution in [0.25, 0.3) is 0 Å². The molecule has 196 valence electrons. The minimum absolute atomic E-state index is 0.0265. The Hall–Kier alpha value is -3.14. The number of nitrogens with one attached hydrogen (secondary N) is 1. The van der Waals surface area contributed by atoms with Gasteiger partial charge in [-0.15, -0.1) is 0 Å². The fraction of sp³-hybridized carbons (Fsp3) is 0.231. The molecule has 11 heteroatoms. The van der Waals surface area contributed by atoms with E-state index in [4.69, 9.17) is 23.2 Å². The Balaban J connectivity index is 2.05. The number of halogens is 3. The fourth-order valence-corrected chi connectivity index (χ4v) is 5.28. The van der Waals surface area contributed by atoms with Crippen LogP contribution in [0.15, 0.2) is 71.6 Å². The van der Waals surface area contributed by atoms with Crippen LogP contribution in [0.1, 0.15) is 18.1 Å². The van der Waals surface area contributed by atoms with Crippen molar-refractivity contribution in [3.8, 4) is 0 Å². The van der Waals surface area contributed by atoms with Crippen molar-refractivity contribution >= 4 is 50.7 Å². The zero-order chi connectivity index (χ0) is 27.3. The number of carbonyl (C=O) groups excluding carboxylic acids is 2. The molecule has 37 heavy (non-hydrogen) atoms. The minimum Gasteiger partial charge on any atom is -0.357 e. The third kappa shape index (κ3) is 6.80. The van der Waals surface area contributed by atoms with Gasteiger partial charge >= 0.3 is 0 Å². The summed E-state index contributed by atoms with van der Waals surface area (Å²) in [7, 11) is -2.79. The van der Waals surface area contributed by atoms with Crippen LogP contribution in [0.5, 0.6) is 0 Å². The normalized spacial score (nSPS) is 12.1. The Bertz CT molecular complexity index is 1380. The molecule has 2 amide bonds. The summed E-state index contributed by atoms with van der Waals surface area (Å²) in [5.74, 6) is -1.55. The maximum Gasteiger partial charge on any atom is 0.264 e. The van der Waals surface area contributed by atoms with E-state index in [9.17, 15) is 22.4 Å². The monoisotopic (exact) mass is 565 g/mol. The van der Waals surface area contributed by atoms with Gasteiger partial charge in [0.25, 0.3) is 10.0 Å². The van der Waals surface area contributed by atoms with E-state index in [0.717, 1.165) is 9.87 Å². The van der Waals surface area contributed by atoms with Gasteiger partial charge in [-0.05, 0) is 61.9 Å². The Morgan fingerprint density at radius 1 is 0.973 bits per heavy atom. The Morgan fingerprint density at radius 3 is 2.16 bits per heavy atom. The van der Waals surface area contributed by atoms with Gasteiger partial charge in [-0.1, -0.05) is 53.0 Å². The van der Waals surface area contributed by atoms with Gasteiger partial charge in [0, 0.05) is 13.6 Å². The quantitative estimate of drug-likeness (QED) is 0.403. The highest BCUT2D eigenvalue weighted by Gasteiger charge is 2.32. The first kappa shape index (κ1) is 28.4. The number of carbonyl (C=O) groups is 2. The van der Waals surface area contributed by atoms with Crippen LogP contribution >= 0.6 is 23.2 Å². The number of anilines is 1. The lowest BCUT2D eigenvalue weighted by atomic mass is 10.1. The molecule has 0 aliphatic carbocycles. The molecule has 1 N–H and O–H groups in total. The second-order valence-corrected chi connectivity index (χ2v) is 11.0. The molecule has 0 heterocycles. The van der Waals surface area contributed by atoms with Crippen molar-refractivity contribution < 1.29 is 22.4 Å². The number of nitrogens with zero attached hydrogens (tertiary/aromatic N) is 2. The summed E-state index contributed by atoms with van der Waals surface area (Å²) in [5, 5.41) is 2.83. The molecule has 0 aromatic heterocycles. The van der Waals surface area contributed by atoms with Crippen LogP contribution in [0.2, 0.25) is 10.0 Å². The van der Waals surface area contributed by atoms with Crippen molar-refractivity contribution in [2.75, 3.05) is 17.9 Å². The topological polar surface area (TPSA) is 86.8 Å². The van der Waals surface area contributed by atoms with E-state index in [1.54, 1.807) is 12.1 Å². The lowest BCUT2D eigenvalue weighted by molar-refractivity contribution is -0.139. The molecule has 3 aromatic rings. The lowest BCUT2D eigenvalue weighted by Crippen LogP contribution is -2.50. The summed E-state index contributed by atoms with van der Waals surface area (Å²) in [4.78, 5) is 27.3. The lowest BCUT2D eigenvalue weighted by Gasteiger charge is -2.31. The number of sulfonamides is 1. The minimum atomic E-state index is -4.23. The van der Waals surface area contributed by atoms with E-state index in [-0.39, 0.29) is 27.2 Å². The summed E-state index contributed by atoms with van der Waals surface area (Å²) < 4.78 is 41.8. The molecule has 0 aliphatic rings. The van der Waals surface area contributed by atoms with E-state index in [1.807, 2.05) is 6.92 Å². The number of likely N-dealkylation sites (N-methyl/N-ethyl adjacent to an activating group) is 1. The van der Waals surface area contributed by atoms with Crippen molar-refractivity contribution in [1.82, 2.24) is 10.2 Å². The zero-order valence-electron chi connectivity index (χ0n) is 20.4. The first-order chi connectivity index (χ1) is 17.4. The first-order valence-electron chi connectivity index (χ1n) is 11.2. The van der Waals surface area contributed by atoms with Crippen LogP contribution in [-0.2, 0) is 26.2 Å². The van der Waals surface area contributed by atoms with Crippen molar-refractivity contribution in [2.24, 2.45) is 0 Å². The molecule has 7 nitrogen and oxygen atoms in total. The van der Waals surface area contributed by atoms with Crippen LogP contribution in [0.3, 0.4) is 0 Å². The third-order valence-electron chi connectivity index (χ3n) is 5.76. The fourth-order valence-electron chi connectivity index (χ4n) is 3.58. The van der Waals surface area contributed by atoms with E-state index in [1.165, 1.54) is 73.5 Å². The smallest absolute Gasteiger partial charge is 0.264 e. The average molecular weight is 566 g/mol. The van der Waals surface area contributed by atoms with E-state index in [2.05, 4.69) is 5.32 Å². The predicted molar refractivity (Wildman–Crippen MR) is 143 cm³/mol. The molecule has 3 rings (SSSR count). The molecule has 0 saturated carbocycles. The molecular weight excluding hydrogens is 540 g/mol. The van der Waals surface area contributed by atoms with Crippen molar-refractivity contribution in [3.05, 3.63) is 93.7 Å². The number of benzene rings is 3. The van der Waals surface area contributed by atoms with Gasteiger partial charge in [-0.3, -0.25) is 13.9 Å². The Morgan fingerprint density at radius 2 is 1.59 bits per heavy atom. The molecule has 3 aromatic carbocycles. The average Bonchev–Trinajstić information content (AvgIpc) is 2.87. The molecule has 0 saturated heterocycles. The summed E-state index contributed by atoms with van der Waals surface area (Å²) in [6, 6.07) is 15.0. The summed E-state index contributed by atoms with van der Waals surface area (Å²) in [6.45, 7) is 2.67. The first-order valence-corrected chi connectivity index (χ1v) is 13.4. The summed E-state index contributed by atoms with van der Waals surface area (Å²) in [6.07, 6.45) is 0. The van der Waals surface area contributed by atoms with Crippen LogP contribution in [0, 0.1) is 12.7 Å².